The van der Waals surface area contributed by atoms with Crippen molar-refractivity contribution in [2.24, 2.45) is 5.92 Å². The first kappa shape index (κ1) is 38.1. The highest BCUT2D eigenvalue weighted by molar-refractivity contribution is 7.92. The normalized spacial score (nSPS) is 11.8. The number of amides is 2. The molecule has 266 valence electrons. The molecule has 0 saturated heterocycles. The number of carbonyl (C=O) groups is 2. The van der Waals surface area contributed by atoms with Crippen LogP contribution in [0.1, 0.15) is 31.9 Å². The minimum absolute atomic E-state index is 0.0239. The molecule has 0 radical (unpaired) electrons. The SMILES string of the molecule is CCOc1ccc(N(CC(=O)N(Cc2ccc(Cl)cc2)[C@H](Cc2ccccc2)C(=O)NCC(C)C)S(=O)(=O)c2ccc(OC)c(OC)c2)cc1. The second kappa shape index (κ2) is 17.8. The topological polar surface area (TPSA) is 114 Å². The predicted octanol–water partition coefficient (Wildman–Crippen LogP) is 6.36. The Morgan fingerprint density at radius 2 is 1.50 bits per heavy atom. The maximum absolute atomic E-state index is 14.7. The zero-order valence-electron chi connectivity index (χ0n) is 29.0. The summed E-state index contributed by atoms with van der Waals surface area (Å²) in [5, 5.41) is 3.51. The first-order valence-electron chi connectivity index (χ1n) is 16.3. The van der Waals surface area contributed by atoms with Crippen LogP contribution in [0.4, 0.5) is 5.69 Å². The zero-order chi connectivity index (χ0) is 36.3. The van der Waals surface area contributed by atoms with Gasteiger partial charge in [0, 0.05) is 30.6 Å². The van der Waals surface area contributed by atoms with E-state index in [2.05, 4.69) is 5.32 Å². The summed E-state index contributed by atoms with van der Waals surface area (Å²) in [6.45, 7) is 6.05. The summed E-state index contributed by atoms with van der Waals surface area (Å²) in [6, 6.07) is 26.1. The number of ether oxygens (including phenoxy) is 3. The van der Waals surface area contributed by atoms with E-state index in [0.717, 1.165) is 9.87 Å². The molecule has 1 N–H and O–H groups in total. The van der Waals surface area contributed by atoms with Crippen molar-refractivity contribution in [2.75, 3.05) is 38.2 Å². The van der Waals surface area contributed by atoms with E-state index in [4.69, 9.17) is 25.8 Å². The number of hydrogen-bond acceptors (Lipinski definition) is 7. The smallest absolute Gasteiger partial charge is 0.264 e. The monoisotopic (exact) mass is 721 g/mol. The molecule has 4 aromatic carbocycles. The molecule has 4 rings (SSSR count). The lowest BCUT2D eigenvalue weighted by molar-refractivity contribution is -0.140. The van der Waals surface area contributed by atoms with Crippen molar-refractivity contribution in [3.05, 3.63) is 113 Å². The van der Waals surface area contributed by atoms with Gasteiger partial charge < -0.3 is 24.4 Å². The van der Waals surface area contributed by atoms with E-state index in [1.807, 2.05) is 51.1 Å². The number of hydrogen-bond donors (Lipinski definition) is 1. The van der Waals surface area contributed by atoms with Crippen LogP contribution in [-0.4, -0.2) is 65.1 Å². The summed E-state index contributed by atoms with van der Waals surface area (Å²) in [4.78, 5) is 30.0. The lowest BCUT2D eigenvalue weighted by Crippen LogP contribution is -2.53. The van der Waals surface area contributed by atoms with E-state index in [0.29, 0.717) is 35.2 Å². The van der Waals surface area contributed by atoms with Gasteiger partial charge in [0.2, 0.25) is 11.8 Å². The second-order valence-corrected chi connectivity index (χ2v) is 14.2. The lowest BCUT2D eigenvalue weighted by atomic mass is 10.0. The Labute approximate surface area is 300 Å². The molecule has 2 amide bonds. The van der Waals surface area contributed by atoms with Crippen molar-refractivity contribution in [1.82, 2.24) is 10.2 Å². The maximum atomic E-state index is 14.7. The fraction of sp³-hybridized carbons (Fsp3) is 0.316. The van der Waals surface area contributed by atoms with Crippen LogP contribution >= 0.6 is 11.6 Å². The summed E-state index contributed by atoms with van der Waals surface area (Å²) in [5.74, 6) is 0.332. The second-order valence-electron chi connectivity index (χ2n) is 11.9. The summed E-state index contributed by atoms with van der Waals surface area (Å²) in [6.07, 6.45) is 0.204. The van der Waals surface area contributed by atoms with Crippen LogP contribution in [0, 0.1) is 5.92 Å². The van der Waals surface area contributed by atoms with Crippen LogP contribution in [0.25, 0.3) is 0 Å². The summed E-state index contributed by atoms with van der Waals surface area (Å²) >= 11 is 6.17. The van der Waals surface area contributed by atoms with Gasteiger partial charge in [-0.1, -0.05) is 67.9 Å². The van der Waals surface area contributed by atoms with Crippen LogP contribution in [0.5, 0.6) is 17.2 Å². The molecule has 0 aliphatic carbocycles. The van der Waals surface area contributed by atoms with Gasteiger partial charge in [-0.3, -0.25) is 13.9 Å². The van der Waals surface area contributed by atoms with Crippen molar-refractivity contribution in [1.29, 1.82) is 0 Å². The standard InChI is InChI=1S/C38H44ClN3O7S/c1-6-49-32-18-16-31(17-19-32)42(50(45,46)33-20-21-35(47-4)36(23-33)48-5)26-37(43)41(25-29-12-14-30(39)15-13-29)34(38(44)40-24-27(2)3)22-28-10-8-7-9-11-28/h7-21,23,27,34H,6,22,24-26H2,1-5H3,(H,40,44)/t34-/m1/s1. The third-order valence-electron chi connectivity index (χ3n) is 7.88. The van der Waals surface area contributed by atoms with E-state index in [9.17, 15) is 18.0 Å². The molecule has 0 aliphatic heterocycles. The Hall–Kier alpha value is -4.74. The molecule has 50 heavy (non-hydrogen) atoms. The van der Waals surface area contributed by atoms with Gasteiger partial charge in [0.1, 0.15) is 18.3 Å². The van der Waals surface area contributed by atoms with Gasteiger partial charge in [-0.2, -0.15) is 0 Å². The molecular weight excluding hydrogens is 678 g/mol. The van der Waals surface area contributed by atoms with Gasteiger partial charge in [0.05, 0.1) is 31.4 Å². The summed E-state index contributed by atoms with van der Waals surface area (Å²) < 4.78 is 46.3. The Bertz CT molecular complexity index is 1820. The van der Waals surface area contributed by atoms with E-state index in [1.165, 1.54) is 37.3 Å². The number of benzene rings is 4. The summed E-state index contributed by atoms with van der Waals surface area (Å²) in [5.41, 5.74) is 1.78. The largest absolute Gasteiger partial charge is 0.494 e. The molecule has 0 spiro atoms. The first-order chi connectivity index (χ1) is 24.0. The molecule has 12 heteroatoms. The molecule has 0 aliphatic rings. The molecule has 10 nitrogen and oxygen atoms in total. The Morgan fingerprint density at radius 3 is 2.10 bits per heavy atom. The van der Waals surface area contributed by atoms with Gasteiger partial charge in [0.15, 0.2) is 11.5 Å². The molecule has 0 saturated carbocycles. The van der Waals surface area contributed by atoms with Gasteiger partial charge in [-0.15, -0.1) is 0 Å². The van der Waals surface area contributed by atoms with Crippen molar-refractivity contribution >= 4 is 39.1 Å². The van der Waals surface area contributed by atoms with Crippen molar-refractivity contribution < 1.29 is 32.2 Å². The minimum atomic E-state index is -4.38. The first-order valence-corrected chi connectivity index (χ1v) is 18.1. The highest BCUT2D eigenvalue weighted by atomic mass is 35.5. The summed E-state index contributed by atoms with van der Waals surface area (Å²) in [7, 11) is -1.51. The number of halogens is 1. The third kappa shape index (κ3) is 9.92. The molecule has 0 heterocycles. The van der Waals surface area contributed by atoms with Gasteiger partial charge in [-0.05, 0) is 72.5 Å². The zero-order valence-corrected chi connectivity index (χ0v) is 30.5. The highest BCUT2D eigenvalue weighted by Gasteiger charge is 2.35. The van der Waals surface area contributed by atoms with E-state index in [1.54, 1.807) is 48.5 Å². The van der Waals surface area contributed by atoms with Gasteiger partial charge in [0.25, 0.3) is 10.0 Å². The van der Waals surface area contributed by atoms with Gasteiger partial charge >= 0.3 is 0 Å². The maximum Gasteiger partial charge on any atom is 0.264 e. The number of methoxy groups -OCH3 is 2. The van der Waals surface area contributed by atoms with Crippen molar-refractivity contribution in [3.8, 4) is 17.2 Å². The van der Waals surface area contributed by atoms with Crippen molar-refractivity contribution in [2.45, 2.75) is 44.7 Å². The van der Waals surface area contributed by atoms with Crippen LogP contribution in [0.3, 0.4) is 0 Å². The van der Waals surface area contributed by atoms with Crippen LogP contribution in [0.2, 0.25) is 5.02 Å². The number of carbonyl (C=O) groups excluding carboxylic acids is 2. The molecule has 1 atom stereocenters. The number of sulfonamides is 1. The fourth-order valence-corrected chi connectivity index (χ4v) is 6.83. The molecule has 0 bridgehead atoms. The van der Waals surface area contributed by atoms with E-state index >= 15 is 0 Å². The Balaban J connectivity index is 1.83. The fourth-order valence-electron chi connectivity index (χ4n) is 5.27. The highest BCUT2D eigenvalue weighted by Crippen LogP contribution is 2.33. The average molecular weight is 722 g/mol. The van der Waals surface area contributed by atoms with Crippen molar-refractivity contribution in [3.63, 3.8) is 0 Å². The molecule has 4 aromatic rings. The molecule has 0 fully saturated rings. The predicted molar refractivity (Wildman–Crippen MR) is 195 cm³/mol. The van der Waals surface area contributed by atoms with Crippen LogP contribution < -0.4 is 23.8 Å². The Morgan fingerprint density at radius 1 is 0.840 bits per heavy atom. The van der Waals surface area contributed by atoms with Crippen LogP contribution in [-0.2, 0) is 32.6 Å². The molecule has 0 aromatic heterocycles. The Kier molecular flexibility index (Phi) is 13.5. The number of rotatable bonds is 17. The quantitative estimate of drug-likeness (QED) is 0.135. The minimum Gasteiger partial charge on any atom is -0.494 e. The number of anilines is 1. The molecule has 0 unspecified atom stereocenters. The third-order valence-corrected chi connectivity index (χ3v) is 9.90. The average Bonchev–Trinajstić information content (AvgIpc) is 3.12. The number of nitrogens with one attached hydrogen (secondary N) is 1. The van der Waals surface area contributed by atoms with Crippen LogP contribution in [0.15, 0.2) is 102 Å². The number of nitrogens with zero attached hydrogens (tertiary/aromatic N) is 2. The molecular formula is C38H44ClN3O7S. The van der Waals surface area contributed by atoms with Gasteiger partial charge in [-0.25, -0.2) is 8.42 Å². The lowest BCUT2D eigenvalue weighted by Gasteiger charge is -2.34. The van der Waals surface area contributed by atoms with E-state index in [-0.39, 0.29) is 41.1 Å². The van der Waals surface area contributed by atoms with E-state index < -0.39 is 28.5 Å².